The third-order valence-electron chi connectivity index (χ3n) is 4.10. The van der Waals surface area contributed by atoms with Crippen LogP contribution in [0, 0.1) is 0 Å². The molecule has 0 aromatic heterocycles. The Bertz CT molecular complexity index is 570. The van der Waals surface area contributed by atoms with Crippen molar-refractivity contribution in [3.8, 4) is 0 Å². The normalized spacial score (nSPS) is 25.6. The minimum atomic E-state index is -0.609. The van der Waals surface area contributed by atoms with Crippen LogP contribution in [0.3, 0.4) is 0 Å². The van der Waals surface area contributed by atoms with E-state index < -0.39 is 16.5 Å². The monoisotopic (exact) mass is 291 g/mol. The highest BCUT2D eigenvalue weighted by Crippen LogP contribution is 2.30. The van der Waals surface area contributed by atoms with Gasteiger partial charge in [0.05, 0.1) is 13.7 Å². The highest BCUT2D eigenvalue weighted by atomic mass is 16.5. The Morgan fingerprint density at radius 2 is 2.00 bits per heavy atom. The Kier molecular flexibility index (Phi) is 4.37. The number of imide groups is 1. The van der Waals surface area contributed by atoms with Gasteiger partial charge in [0, 0.05) is 18.4 Å². The molecule has 1 aromatic rings. The molecule has 2 atom stereocenters. The lowest BCUT2D eigenvalue weighted by molar-refractivity contribution is -0.788. The van der Waals surface area contributed by atoms with Crippen molar-refractivity contribution < 1.29 is 24.0 Å². The van der Waals surface area contributed by atoms with E-state index >= 15 is 0 Å². The van der Waals surface area contributed by atoms with Gasteiger partial charge in [0.1, 0.15) is 6.04 Å². The van der Waals surface area contributed by atoms with Gasteiger partial charge in [-0.3, -0.25) is 0 Å². The molecule has 0 saturated carbocycles. The second-order valence-corrected chi connectivity index (χ2v) is 5.17. The first-order valence-electron chi connectivity index (χ1n) is 6.86. The van der Waals surface area contributed by atoms with Crippen LogP contribution in [0.2, 0.25) is 0 Å². The van der Waals surface area contributed by atoms with E-state index in [2.05, 4.69) is 5.16 Å². The summed E-state index contributed by atoms with van der Waals surface area (Å²) in [6.45, 7) is 2.19. The maximum absolute atomic E-state index is 12.9. The number of ether oxygens (including phenoxy) is 1. The number of likely N-dealkylation sites (tertiary alicyclic amines) is 1. The number of carbonyl (C=O) groups is 2. The van der Waals surface area contributed by atoms with Crippen LogP contribution >= 0.6 is 0 Å². The predicted molar refractivity (Wildman–Crippen MR) is 76.0 cm³/mol. The molecule has 1 aliphatic rings. The highest BCUT2D eigenvalue weighted by Gasteiger charge is 2.55. The van der Waals surface area contributed by atoms with Crippen molar-refractivity contribution in [1.82, 2.24) is 0 Å². The zero-order chi connectivity index (χ0) is 15.5. The number of hydrogen-bond donors (Lipinski definition) is 1. The van der Waals surface area contributed by atoms with Gasteiger partial charge >= 0.3 is 12.0 Å². The van der Waals surface area contributed by atoms with E-state index in [1.165, 1.54) is 7.11 Å². The Labute approximate surface area is 123 Å². The molecule has 1 heterocycles. The topological polar surface area (TPSA) is 76.0 Å². The summed E-state index contributed by atoms with van der Waals surface area (Å²) in [6, 6.07) is 8.41. The predicted octanol–water partition coefficient (Wildman–Crippen LogP) is 2.16. The maximum atomic E-state index is 12.9. The van der Waals surface area contributed by atoms with E-state index in [1.807, 2.05) is 6.92 Å². The number of oxime groups is 1. The number of rotatable bonds is 2. The average molecular weight is 291 g/mol. The highest BCUT2D eigenvalue weighted by molar-refractivity contribution is 6.43. The van der Waals surface area contributed by atoms with Gasteiger partial charge in [0.2, 0.25) is 5.71 Å². The van der Waals surface area contributed by atoms with Crippen molar-refractivity contribution >= 4 is 17.7 Å². The lowest BCUT2D eigenvalue weighted by atomic mass is 10.1. The van der Waals surface area contributed by atoms with Crippen molar-refractivity contribution in [3.05, 3.63) is 35.9 Å². The molecule has 1 saturated heterocycles. The van der Waals surface area contributed by atoms with Crippen molar-refractivity contribution in [3.63, 3.8) is 0 Å². The van der Waals surface area contributed by atoms with Gasteiger partial charge in [-0.25, -0.2) is 4.79 Å². The van der Waals surface area contributed by atoms with Gasteiger partial charge in [-0.2, -0.15) is 9.28 Å². The Balaban J connectivity index is 2.46. The first-order chi connectivity index (χ1) is 10.1. The number of nitrogens with zero attached hydrogens (tertiary/aromatic N) is 2. The maximum Gasteiger partial charge on any atom is 0.523 e. The summed E-state index contributed by atoms with van der Waals surface area (Å²) < 4.78 is 4.38. The van der Waals surface area contributed by atoms with Crippen molar-refractivity contribution in [2.45, 2.75) is 25.8 Å². The van der Waals surface area contributed by atoms with E-state index in [9.17, 15) is 14.8 Å². The average Bonchev–Trinajstić information content (AvgIpc) is 2.90. The fraction of sp³-hybridized carbons (Fsp3) is 0.400. The molecular formula is C15H19N2O4+. The molecular weight excluding hydrogens is 272 g/mol. The zero-order valence-electron chi connectivity index (χ0n) is 12.2. The summed E-state index contributed by atoms with van der Waals surface area (Å²) in [5.41, 5.74) is 0.361. The smallest absolute Gasteiger partial charge is 0.423 e. The first kappa shape index (κ1) is 15.2. The van der Waals surface area contributed by atoms with Crippen molar-refractivity contribution in [2.75, 3.05) is 13.7 Å². The fourth-order valence-corrected chi connectivity index (χ4v) is 2.90. The van der Waals surface area contributed by atoms with Crippen LogP contribution in [0.4, 0.5) is 4.79 Å². The van der Waals surface area contributed by atoms with Gasteiger partial charge in [-0.15, -0.1) is 0 Å². The third-order valence-corrected chi connectivity index (χ3v) is 4.10. The molecule has 21 heavy (non-hydrogen) atoms. The minimum absolute atomic E-state index is 0.116. The molecule has 0 radical (unpaired) electrons. The molecule has 0 spiro atoms. The second kappa shape index (κ2) is 6.05. The molecule has 6 nitrogen and oxygen atoms in total. The molecule has 2 rings (SSSR count). The van der Waals surface area contributed by atoms with Crippen LogP contribution in [0.15, 0.2) is 35.5 Å². The van der Waals surface area contributed by atoms with E-state index in [1.54, 1.807) is 30.3 Å². The molecule has 1 aromatic carbocycles. The summed E-state index contributed by atoms with van der Waals surface area (Å²) in [5, 5.41) is 12.4. The van der Waals surface area contributed by atoms with E-state index in [4.69, 9.17) is 4.74 Å². The molecule has 0 bridgehead atoms. The minimum Gasteiger partial charge on any atom is -0.423 e. The molecule has 1 aliphatic heterocycles. The summed E-state index contributed by atoms with van der Waals surface area (Å²) in [6.07, 6.45) is 0.881. The van der Waals surface area contributed by atoms with Crippen LogP contribution in [-0.4, -0.2) is 47.1 Å². The number of hydrogen-bond acceptors (Lipinski definition) is 5. The third kappa shape index (κ3) is 2.42. The number of carbonyl (C=O) groups excluding carboxylic acids is 2. The van der Waals surface area contributed by atoms with Gasteiger partial charge in [-0.05, 0) is 6.92 Å². The van der Waals surface area contributed by atoms with Crippen LogP contribution in [-0.2, 0) is 9.53 Å². The number of quaternary nitrogens is 1. The molecule has 1 unspecified atom stereocenters. The van der Waals surface area contributed by atoms with Crippen LogP contribution < -0.4 is 0 Å². The molecule has 1 N–H and O–H groups in total. The summed E-state index contributed by atoms with van der Waals surface area (Å²) in [7, 11) is 1.26. The Hall–Kier alpha value is -2.21. The fourth-order valence-electron chi connectivity index (χ4n) is 2.90. The van der Waals surface area contributed by atoms with Gasteiger partial charge < -0.3 is 9.94 Å². The molecule has 112 valence electrons. The Morgan fingerprint density at radius 1 is 1.33 bits per heavy atom. The standard InChI is InChI=1S/C15H18N2O4/c1-11-7-6-10-17(11,15(19)21-2)14(18)13(16-20)12-8-4-3-5-9-12/h3-5,8-9,11H,6-7,10H2,1-2H3/p+1/t11-,17?/m1/s1. The Morgan fingerprint density at radius 3 is 2.48 bits per heavy atom. The number of amides is 2. The lowest BCUT2D eigenvalue weighted by Gasteiger charge is -2.30. The van der Waals surface area contributed by atoms with Crippen molar-refractivity contribution in [2.24, 2.45) is 5.16 Å². The summed E-state index contributed by atoms with van der Waals surface area (Å²) in [4.78, 5) is 25.1. The molecule has 6 heteroatoms. The largest absolute Gasteiger partial charge is 0.523 e. The van der Waals surface area contributed by atoms with Crippen molar-refractivity contribution in [1.29, 1.82) is 0 Å². The van der Waals surface area contributed by atoms with Crippen LogP contribution in [0.25, 0.3) is 0 Å². The van der Waals surface area contributed by atoms with E-state index in [0.717, 1.165) is 12.8 Å². The molecule has 1 fully saturated rings. The second-order valence-electron chi connectivity index (χ2n) is 5.17. The van der Waals surface area contributed by atoms with E-state index in [0.29, 0.717) is 12.1 Å². The SMILES string of the molecule is COC(=O)[N+]1(C(=O)C(=NO)c2ccccc2)CCC[C@H]1C. The summed E-state index contributed by atoms with van der Waals surface area (Å²) >= 11 is 0. The first-order valence-corrected chi connectivity index (χ1v) is 6.86. The lowest BCUT2D eigenvalue weighted by Crippen LogP contribution is -2.61. The number of benzene rings is 1. The van der Waals surface area contributed by atoms with Gasteiger partial charge in [-0.1, -0.05) is 35.5 Å². The number of methoxy groups -OCH3 is 1. The quantitative estimate of drug-likeness (QED) is 0.392. The van der Waals surface area contributed by atoms with E-state index in [-0.39, 0.29) is 11.8 Å². The van der Waals surface area contributed by atoms with Gasteiger partial charge in [0.25, 0.3) is 0 Å². The summed E-state index contributed by atoms with van der Waals surface area (Å²) in [5.74, 6) is -0.527. The van der Waals surface area contributed by atoms with Gasteiger partial charge in [0.15, 0.2) is 0 Å². The molecule has 0 aliphatic carbocycles. The van der Waals surface area contributed by atoms with Crippen LogP contribution in [0.5, 0.6) is 0 Å². The molecule has 2 amide bonds. The van der Waals surface area contributed by atoms with Crippen LogP contribution in [0.1, 0.15) is 25.3 Å². The zero-order valence-corrected chi connectivity index (χ0v) is 12.2.